The summed E-state index contributed by atoms with van der Waals surface area (Å²) in [6.45, 7) is 4.26. The monoisotopic (exact) mass is 266 g/mol. The first-order valence-corrected chi connectivity index (χ1v) is 5.51. The molecule has 0 fully saturated rings. The molecule has 19 heavy (non-hydrogen) atoms. The minimum atomic E-state index is -1.16. The van der Waals surface area contributed by atoms with Gasteiger partial charge >= 0.3 is 5.97 Å². The molecule has 102 valence electrons. The van der Waals surface area contributed by atoms with Crippen molar-refractivity contribution in [2.24, 2.45) is 0 Å². The second-order valence-electron chi connectivity index (χ2n) is 3.94. The smallest absolute Gasteiger partial charge is 0.332 e. The first-order chi connectivity index (χ1) is 8.86. The van der Waals surface area contributed by atoms with Gasteiger partial charge in [-0.25, -0.2) is 4.79 Å². The molecule has 0 saturated carbocycles. The van der Waals surface area contributed by atoms with Crippen LogP contribution in [0.15, 0.2) is 4.42 Å². The molecule has 7 nitrogen and oxygen atoms in total. The molecule has 1 rings (SSSR count). The third-order valence-electron chi connectivity index (χ3n) is 2.56. The number of carboxylic acid groups (broad SMARTS) is 1. The number of nitrogens with one attached hydrogen (secondary N) is 1. The lowest BCUT2D eigenvalue weighted by Crippen LogP contribution is -2.26. The van der Waals surface area contributed by atoms with Crippen LogP contribution in [0.1, 0.15) is 23.8 Å². The Kier molecular flexibility index (Phi) is 4.67. The number of anilines is 1. The van der Waals surface area contributed by atoms with Gasteiger partial charge in [-0.05, 0) is 20.8 Å². The fourth-order valence-electron chi connectivity index (χ4n) is 1.28. The Morgan fingerprint density at radius 2 is 2.16 bits per heavy atom. The summed E-state index contributed by atoms with van der Waals surface area (Å²) in [5.74, 6) is -1.16. The Bertz CT molecular complexity index is 541. The molecule has 0 bridgehead atoms. The molecule has 0 aliphatic heterocycles. The number of nitriles is 1. The predicted octanol–water partition coefficient (Wildman–Crippen LogP) is 1.20. The number of furan rings is 1. The lowest BCUT2D eigenvalue weighted by atomic mass is 10.2. The van der Waals surface area contributed by atoms with Gasteiger partial charge in [-0.2, -0.15) is 5.26 Å². The Labute approximate surface area is 109 Å². The molecule has 1 atom stereocenters. The SMILES string of the molecule is Cc1oc(NC(=O)COC(C)C(=O)O)c(C#N)c1C. The summed E-state index contributed by atoms with van der Waals surface area (Å²) < 4.78 is 10.0. The van der Waals surface area contributed by atoms with Crippen molar-refractivity contribution in [3.8, 4) is 6.07 Å². The highest BCUT2D eigenvalue weighted by Crippen LogP contribution is 2.25. The highest BCUT2D eigenvalue weighted by Gasteiger charge is 2.18. The third-order valence-corrected chi connectivity index (χ3v) is 2.56. The van der Waals surface area contributed by atoms with Gasteiger partial charge in [0.15, 0.2) is 6.10 Å². The Hall–Kier alpha value is -2.33. The number of carbonyl (C=O) groups is 2. The van der Waals surface area contributed by atoms with Crippen LogP contribution >= 0.6 is 0 Å². The molecule has 1 aromatic heterocycles. The standard InChI is InChI=1S/C12H14N2O5/c1-6-7(2)19-11(9(6)4-13)14-10(15)5-18-8(3)12(16)17/h8H,5H2,1-3H3,(H,14,15)(H,16,17). The molecule has 1 unspecified atom stereocenters. The quantitative estimate of drug-likeness (QED) is 0.827. The maximum absolute atomic E-state index is 11.5. The maximum atomic E-state index is 11.5. The van der Waals surface area contributed by atoms with Crippen LogP contribution in [-0.2, 0) is 14.3 Å². The zero-order valence-electron chi connectivity index (χ0n) is 10.8. The second kappa shape index (κ2) is 6.02. The van der Waals surface area contributed by atoms with Gasteiger partial charge in [0.05, 0.1) is 0 Å². The van der Waals surface area contributed by atoms with Gasteiger partial charge in [-0.15, -0.1) is 0 Å². The van der Waals surface area contributed by atoms with Crippen LogP contribution in [0.3, 0.4) is 0 Å². The fourth-order valence-corrected chi connectivity index (χ4v) is 1.28. The number of amides is 1. The van der Waals surface area contributed by atoms with E-state index < -0.39 is 24.6 Å². The van der Waals surface area contributed by atoms with E-state index in [2.05, 4.69) is 5.32 Å². The van der Waals surface area contributed by atoms with Gasteiger partial charge in [0.25, 0.3) is 5.91 Å². The van der Waals surface area contributed by atoms with Gasteiger partial charge in [0.1, 0.15) is 24.0 Å². The number of nitrogens with zero attached hydrogens (tertiary/aromatic N) is 1. The van der Waals surface area contributed by atoms with Gasteiger partial charge in [-0.3, -0.25) is 10.1 Å². The minimum absolute atomic E-state index is 0.0501. The van der Waals surface area contributed by atoms with E-state index in [1.165, 1.54) is 6.92 Å². The van der Waals surface area contributed by atoms with Crippen molar-refractivity contribution in [3.63, 3.8) is 0 Å². The summed E-state index contributed by atoms with van der Waals surface area (Å²) in [5.41, 5.74) is 0.898. The van der Waals surface area contributed by atoms with E-state index in [9.17, 15) is 9.59 Å². The summed E-state index contributed by atoms with van der Waals surface area (Å²) in [7, 11) is 0. The second-order valence-corrected chi connectivity index (χ2v) is 3.94. The number of hydrogen-bond acceptors (Lipinski definition) is 5. The summed E-state index contributed by atoms with van der Waals surface area (Å²) in [4.78, 5) is 22.0. The molecule has 0 spiro atoms. The van der Waals surface area contributed by atoms with Gasteiger partial charge in [0.2, 0.25) is 5.88 Å². The number of ether oxygens (including phenoxy) is 1. The van der Waals surface area contributed by atoms with Crippen LogP contribution < -0.4 is 5.32 Å². The first kappa shape index (κ1) is 14.7. The van der Waals surface area contributed by atoms with E-state index in [4.69, 9.17) is 19.5 Å². The highest BCUT2D eigenvalue weighted by molar-refractivity contribution is 5.92. The molecule has 0 radical (unpaired) electrons. The van der Waals surface area contributed by atoms with E-state index in [-0.39, 0.29) is 11.4 Å². The number of aryl methyl sites for hydroxylation is 1. The molecular formula is C12H14N2O5. The van der Waals surface area contributed by atoms with Crippen molar-refractivity contribution >= 4 is 17.8 Å². The van der Waals surface area contributed by atoms with E-state index in [1.807, 2.05) is 6.07 Å². The lowest BCUT2D eigenvalue weighted by Gasteiger charge is -2.07. The van der Waals surface area contributed by atoms with E-state index in [0.717, 1.165) is 0 Å². The van der Waals surface area contributed by atoms with Crippen molar-refractivity contribution in [2.45, 2.75) is 26.9 Å². The normalized spacial score (nSPS) is 11.7. The number of carbonyl (C=O) groups excluding carboxylic acids is 1. The molecule has 0 aliphatic carbocycles. The molecule has 1 amide bonds. The Balaban J connectivity index is 2.66. The zero-order chi connectivity index (χ0) is 14.6. The summed E-state index contributed by atoms with van der Waals surface area (Å²) >= 11 is 0. The van der Waals surface area contributed by atoms with Crippen LogP contribution in [0.5, 0.6) is 0 Å². The zero-order valence-corrected chi connectivity index (χ0v) is 10.8. The third kappa shape index (κ3) is 3.56. The molecule has 7 heteroatoms. The number of carboxylic acids is 1. The molecule has 1 heterocycles. The number of rotatable bonds is 5. The molecule has 0 aromatic carbocycles. The van der Waals surface area contributed by atoms with Crippen molar-refractivity contribution in [3.05, 3.63) is 16.9 Å². The molecule has 0 saturated heterocycles. The Morgan fingerprint density at radius 3 is 2.68 bits per heavy atom. The van der Waals surface area contributed by atoms with Crippen molar-refractivity contribution in [2.75, 3.05) is 11.9 Å². The topological polar surface area (TPSA) is 113 Å². The summed E-state index contributed by atoms with van der Waals surface area (Å²) in [6, 6.07) is 1.93. The van der Waals surface area contributed by atoms with Gasteiger partial charge < -0.3 is 14.3 Å². The largest absolute Gasteiger partial charge is 0.479 e. The lowest BCUT2D eigenvalue weighted by molar-refractivity contribution is -0.150. The van der Waals surface area contributed by atoms with E-state index >= 15 is 0 Å². The number of hydrogen-bond donors (Lipinski definition) is 2. The van der Waals surface area contributed by atoms with Crippen molar-refractivity contribution in [1.29, 1.82) is 5.26 Å². The Morgan fingerprint density at radius 1 is 1.53 bits per heavy atom. The van der Waals surface area contributed by atoms with E-state index in [0.29, 0.717) is 11.3 Å². The van der Waals surface area contributed by atoms with Crippen LogP contribution in [0, 0.1) is 25.2 Å². The summed E-state index contributed by atoms with van der Waals surface area (Å²) in [5, 5.41) is 19.9. The van der Waals surface area contributed by atoms with E-state index in [1.54, 1.807) is 13.8 Å². The maximum Gasteiger partial charge on any atom is 0.332 e. The molecule has 2 N–H and O–H groups in total. The predicted molar refractivity (Wildman–Crippen MR) is 64.6 cm³/mol. The summed E-state index contributed by atoms with van der Waals surface area (Å²) in [6.07, 6.45) is -1.08. The molecular weight excluding hydrogens is 252 g/mol. The first-order valence-electron chi connectivity index (χ1n) is 5.51. The molecule has 0 aliphatic rings. The van der Waals surface area contributed by atoms with Crippen molar-refractivity contribution in [1.82, 2.24) is 0 Å². The van der Waals surface area contributed by atoms with Crippen LogP contribution in [0.2, 0.25) is 0 Å². The van der Waals surface area contributed by atoms with Crippen molar-refractivity contribution < 1.29 is 23.8 Å². The molecule has 1 aromatic rings. The highest BCUT2D eigenvalue weighted by atomic mass is 16.5. The fraction of sp³-hybridized carbons (Fsp3) is 0.417. The minimum Gasteiger partial charge on any atom is -0.479 e. The average molecular weight is 266 g/mol. The van der Waals surface area contributed by atoms with Crippen LogP contribution in [0.4, 0.5) is 5.88 Å². The van der Waals surface area contributed by atoms with Crippen LogP contribution in [-0.4, -0.2) is 29.7 Å². The van der Waals surface area contributed by atoms with Gasteiger partial charge in [-0.1, -0.05) is 0 Å². The average Bonchev–Trinajstić information content (AvgIpc) is 2.61. The van der Waals surface area contributed by atoms with Crippen LogP contribution in [0.25, 0.3) is 0 Å². The van der Waals surface area contributed by atoms with Gasteiger partial charge in [0, 0.05) is 5.56 Å². The number of aliphatic carboxylic acids is 1.